The summed E-state index contributed by atoms with van der Waals surface area (Å²) in [4.78, 5) is 1.08. The number of nitrogens with one attached hydrogen (secondary N) is 1. The fraction of sp³-hybridized carbons (Fsp3) is 0.429. The Bertz CT molecular complexity index is 674. The molecule has 2 aromatic heterocycles. The smallest absolute Gasteiger partial charge is 0.244 e. The summed E-state index contributed by atoms with van der Waals surface area (Å²) in [7, 11) is -3.68. The van der Waals surface area contributed by atoms with Crippen LogP contribution in [0.2, 0.25) is 0 Å². The third kappa shape index (κ3) is 3.74. The number of furan rings is 1. The van der Waals surface area contributed by atoms with E-state index in [0.29, 0.717) is 0 Å². The van der Waals surface area contributed by atoms with Gasteiger partial charge in [-0.05, 0) is 24.8 Å². The van der Waals surface area contributed by atoms with Gasteiger partial charge in [-0.1, -0.05) is 19.4 Å². The average Bonchev–Trinajstić information content (AvgIpc) is 3.07. The second-order valence-electron chi connectivity index (χ2n) is 4.77. The lowest BCUT2D eigenvalue weighted by Crippen LogP contribution is -2.28. The van der Waals surface area contributed by atoms with E-state index < -0.39 is 10.0 Å². The van der Waals surface area contributed by atoms with Crippen molar-refractivity contribution in [1.82, 2.24) is 4.72 Å². The lowest BCUT2D eigenvalue weighted by atomic mass is 10.1. The van der Waals surface area contributed by atoms with Gasteiger partial charge in [0.05, 0.1) is 6.04 Å². The Kier molecular flexibility index (Phi) is 5.21. The third-order valence-corrected chi connectivity index (χ3v) is 5.70. The van der Waals surface area contributed by atoms with E-state index in [0.717, 1.165) is 17.7 Å². The Morgan fingerprint density at radius 3 is 2.76 bits per heavy atom. The predicted octanol–water partition coefficient (Wildman–Crippen LogP) is 2.96. The highest BCUT2D eigenvalue weighted by Crippen LogP contribution is 2.27. The van der Waals surface area contributed by atoms with Gasteiger partial charge in [0.15, 0.2) is 0 Å². The normalized spacial score (nSPS) is 13.5. The van der Waals surface area contributed by atoms with E-state index in [4.69, 9.17) is 9.52 Å². The monoisotopic (exact) mass is 329 g/mol. The molecule has 0 amide bonds. The molecule has 0 fully saturated rings. The summed E-state index contributed by atoms with van der Waals surface area (Å²) in [6, 6.07) is 4.96. The summed E-state index contributed by atoms with van der Waals surface area (Å²) in [6.07, 6.45) is 1.60. The van der Waals surface area contributed by atoms with Crippen LogP contribution in [0.25, 0.3) is 0 Å². The molecule has 2 aromatic rings. The van der Waals surface area contributed by atoms with Gasteiger partial charge in [-0.25, -0.2) is 13.1 Å². The number of aliphatic hydroxyl groups excluding tert-OH is 1. The third-order valence-electron chi connectivity index (χ3n) is 3.13. The van der Waals surface area contributed by atoms with Crippen molar-refractivity contribution in [2.45, 2.75) is 44.2 Å². The Morgan fingerprint density at radius 2 is 2.24 bits per heavy atom. The molecular weight excluding hydrogens is 310 g/mol. The molecule has 1 atom stereocenters. The molecule has 0 bridgehead atoms. The van der Waals surface area contributed by atoms with Crippen LogP contribution in [-0.2, 0) is 16.6 Å². The zero-order valence-corrected chi connectivity index (χ0v) is 13.6. The first-order chi connectivity index (χ1) is 9.97. The summed E-state index contributed by atoms with van der Waals surface area (Å²) in [5.41, 5.74) is 0. The average molecular weight is 329 g/mol. The largest absolute Gasteiger partial charge is 0.462 e. The van der Waals surface area contributed by atoms with Crippen LogP contribution in [0.4, 0.5) is 0 Å². The van der Waals surface area contributed by atoms with E-state index in [9.17, 15) is 8.42 Å². The van der Waals surface area contributed by atoms with Crippen LogP contribution >= 0.6 is 11.3 Å². The molecule has 21 heavy (non-hydrogen) atoms. The van der Waals surface area contributed by atoms with Crippen molar-refractivity contribution < 1.29 is 17.9 Å². The van der Waals surface area contributed by atoms with Crippen molar-refractivity contribution in [3.63, 3.8) is 0 Å². The fourth-order valence-electron chi connectivity index (χ4n) is 2.16. The molecule has 7 heteroatoms. The number of sulfonamides is 1. The summed E-state index contributed by atoms with van der Waals surface area (Å²) in [5.74, 6) is 0.531. The summed E-state index contributed by atoms with van der Waals surface area (Å²) in [5, 5.41) is 11.0. The Morgan fingerprint density at radius 1 is 1.48 bits per heavy atom. The van der Waals surface area contributed by atoms with Gasteiger partial charge in [-0.2, -0.15) is 0 Å². The topological polar surface area (TPSA) is 79.5 Å². The van der Waals surface area contributed by atoms with E-state index in [1.807, 2.05) is 24.4 Å². The van der Waals surface area contributed by atoms with Gasteiger partial charge in [0.2, 0.25) is 10.0 Å². The minimum absolute atomic E-state index is 0.0872. The second kappa shape index (κ2) is 6.74. The number of thiophene rings is 1. The molecule has 2 heterocycles. The van der Waals surface area contributed by atoms with Gasteiger partial charge >= 0.3 is 0 Å². The van der Waals surface area contributed by atoms with Crippen LogP contribution in [-0.4, -0.2) is 13.5 Å². The zero-order valence-electron chi connectivity index (χ0n) is 12.0. The standard InChI is InChI=1S/C14H19NO4S2/c1-3-5-12(13-6-4-7-20-13)15-21(17,18)14-8-11(9-16)19-10(14)2/h4,6-8,12,15-16H,3,5,9H2,1-2H3. The number of hydrogen-bond donors (Lipinski definition) is 2. The SMILES string of the molecule is CCCC(NS(=O)(=O)c1cc(CO)oc1C)c1cccs1. The Labute approximate surface area is 128 Å². The second-order valence-corrected chi connectivity index (χ2v) is 7.43. The number of rotatable bonds is 7. The lowest BCUT2D eigenvalue weighted by Gasteiger charge is -2.16. The van der Waals surface area contributed by atoms with Crippen molar-refractivity contribution in [2.24, 2.45) is 0 Å². The molecule has 5 nitrogen and oxygen atoms in total. The summed E-state index contributed by atoms with van der Waals surface area (Å²) in [6.45, 7) is 3.27. The van der Waals surface area contributed by atoms with Crippen molar-refractivity contribution in [3.8, 4) is 0 Å². The molecule has 1 unspecified atom stereocenters. The van der Waals surface area contributed by atoms with Crippen LogP contribution < -0.4 is 4.72 Å². The minimum Gasteiger partial charge on any atom is -0.462 e. The molecule has 0 saturated carbocycles. The zero-order chi connectivity index (χ0) is 15.5. The summed E-state index contributed by atoms with van der Waals surface area (Å²) >= 11 is 1.53. The summed E-state index contributed by atoms with van der Waals surface area (Å²) < 4.78 is 33.0. The first-order valence-electron chi connectivity index (χ1n) is 6.73. The number of hydrogen-bond acceptors (Lipinski definition) is 5. The van der Waals surface area contributed by atoms with Gasteiger partial charge < -0.3 is 9.52 Å². The molecule has 0 spiro atoms. The van der Waals surface area contributed by atoms with Crippen LogP contribution in [0.5, 0.6) is 0 Å². The molecule has 0 aliphatic heterocycles. The molecule has 0 aliphatic carbocycles. The maximum Gasteiger partial charge on any atom is 0.244 e. The van der Waals surface area contributed by atoms with E-state index in [1.165, 1.54) is 17.4 Å². The molecule has 2 N–H and O–H groups in total. The highest BCUT2D eigenvalue weighted by atomic mass is 32.2. The number of aliphatic hydroxyl groups is 1. The maximum absolute atomic E-state index is 12.5. The van der Waals surface area contributed by atoms with Crippen molar-refractivity contribution in [2.75, 3.05) is 0 Å². The van der Waals surface area contributed by atoms with E-state index >= 15 is 0 Å². The first-order valence-corrected chi connectivity index (χ1v) is 9.10. The number of aryl methyl sites for hydroxylation is 1. The minimum atomic E-state index is -3.68. The van der Waals surface area contributed by atoms with Gasteiger partial charge in [-0.15, -0.1) is 11.3 Å². The van der Waals surface area contributed by atoms with Crippen LogP contribution in [0.1, 0.15) is 42.2 Å². The molecule has 0 saturated heterocycles. The predicted molar refractivity (Wildman–Crippen MR) is 81.7 cm³/mol. The van der Waals surface area contributed by atoms with Crippen molar-refractivity contribution in [3.05, 3.63) is 40.0 Å². The lowest BCUT2D eigenvalue weighted by molar-refractivity contribution is 0.244. The first kappa shape index (κ1) is 16.2. The highest BCUT2D eigenvalue weighted by Gasteiger charge is 2.25. The van der Waals surface area contributed by atoms with Crippen LogP contribution in [0, 0.1) is 6.92 Å². The Hall–Kier alpha value is -1.15. The van der Waals surface area contributed by atoms with E-state index in [1.54, 1.807) is 6.92 Å². The van der Waals surface area contributed by atoms with Gasteiger partial charge in [0, 0.05) is 10.9 Å². The van der Waals surface area contributed by atoms with Crippen molar-refractivity contribution >= 4 is 21.4 Å². The molecule has 0 radical (unpaired) electrons. The Balaban J connectivity index is 2.28. The van der Waals surface area contributed by atoms with E-state index in [2.05, 4.69) is 4.72 Å². The van der Waals surface area contributed by atoms with Gasteiger partial charge in [0.25, 0.3) is 0 Å². The van der Waals surface area contributed by atoms with Crippen LogP contribution in [0.3, 0.4) is 0 Å². The molecular formula is C14H19NO4S2. The van der Waals surface area contributed by atoms with Crippen molar-refractivity contribution in [1.29, 1.82) is 0 Å². The van der Waals surface area contributed by atoms with Gasteiger partial charge in [0.1, 0.15) is 23.0 Å². The van der Waals surface area contributed by atoms with E-state index in [-0.39, 0.29) is 29.1 Å². The highest BCUT2D eigenvalue weighted by molar-refractivity contribution is 7.89. The molecule has 0 aromatic carbocycles. The van der Waals surface area contributed by atoms with Gasteiger partial charge in [-0.3, -0.25) is 0 Å². The van der Waals surface area contributed by atoms with Crippen LogP contribution in [0.15, 0.2) is 32.9 Å². The molecule has 0 aliphatic rings. The maximum atomic E-state index is 12.5. The molecule has 116 valence electrons. The quantitative estimate of drug-likeness (QED) is 0.818. The fourth-order valence-corrected chi connectivity index (χ4v) is 4.50. The molecule has 2 rings (SSSR count).